The fourth-order valence-electron chi connectivity index (χ4n) is 0. The first-order chi connectivity index (χ1) is 1.73. The van der Waals surface area contributed by atoms with E-state index in [-0.39, 0.29) is 236 Å². The molecule has 0 fully saturated rings. The van der Waals surface area contributed by atoms with Crippen molar-refractivity contribution in [3.63, 3.8) is 0 Å². The Balaban J connectivity index is -0.000000000682. The summed E-state index contributed by atoms with van der Waals surface area (Å²) in [5, 5.41) is 7.42. The monoisotopic (exact) mass is 386 g/mol. The van der Waals surface area contributed by atoms with Crippen molar-refractivity contribution in [3.05, 3.63) is 0 Å². The molecule has 0 rings (SSSR count). The third-order valence-corrected chi connectivity index (χ3v) is 0. The normalized spacial score (nSPS) is 1.79. The molecule has 68 valence electrons. The van der Waals surface area contributed by atoms with E-state index in [0.717, 1.165) is 6.92 Å². The van der Waals surface area contributed by atoms with E-state index in [1.54, 1.807) is 0 Å². The topological polar surface area (TPSA) is 37.3 Å². The SMILES string of the molecule is CC(=O)O.[Ca+2].[Cl-].[Cl-].[Cl-].[Cl-].[Cl-].[H-].[H-].[K+].[Mg+2].[Na+].[Na+]. The Bertz CT molecular complexity index is 67.4. The van der Waals surface area contributed by atoms with E-state index < -0.39 is 5.97 Å². The number of halogens is 5. The number of carbonyl (C=O) groups is 1. The minimum absolute atomic E-state index is 0. The van der Waals surface area contributed by atoms with E-state index in [1.807, 2.05) is 0 Å². The Morgan fingerprint density at radius 2 is 1.00 bits per heavy atom. The number of hydrogen-bond acceptors (Lipinski definition) is 1. The summed E-state index contributed by atoms with van der Waals surface area (Å²) >= 11 is 0. The van der Waals surface area contributed by atoms with Crippen LogP contribution >= 0.6 is 0 Å². The fourth-order valence-corrected chi connectivity index (χ4v) is 0. The van der Waals surface area contributed by atoms with Crippen LogP contribution in [0.2, 0.25) is 0 Å². The second kappa shape index (κ2) is 73.6. The molecule has 0 aliphatic carbocycles. The van der Waals surface area contributed by atoms with Gasteiger partial charge in [0.1, 0.15) is 0 Å². The molecule has 0 aromatic heterocycles. The van der Waals surface area contributed by atoms with E-state index >= 15 is 0 Å². The van der Waals surface area contributed by atoms with Gasteiger partial charge in [-0.1, -0.05) is 0 Å². The first-order valence-electron chi connectivity index (χ1n) is 0.928. The Hall–Kier alpha value is 6.58. The van der Waals surface area contributed by atoms with Crippen molar-refractivity contribution in [1.82, 2.24) is 0 Å². The van der Waals surface area contributed by atoms with Gasteiger partial charge in [-0.25, -0.2) is 0 Å². The van der Waals surface area contributed by atoms with Gasteiger partial charge in [0, 0.05) is 6.92 Å². The number of rotatable bonds is 0. The third kappa shape index (κ3) is 133. The van der Waals surface area contributed by atoms with Crippen molar-refractivity contribution in [2.24, 2.45) is 0 Å². The van der Waals surface area contributed by atoms with Gasteiger partial charge >= 0.3 is 171 Å². The molecule has 12 heteroatoms. The van der Waals surface area contributed by atoms with Crippen LogP contribution in [0.15, 0.2) is 0 Å². The van der Waals surface area contributed by atoms with Crippen LogP contribution in [0.5, 0.6) is 0 Å². The fraction of sp³-hybridized carbons (Fsp3) is 0.500. The molecular formula is C2H6CaCl5KMgNa2O2. The molecule has 0 aliphatic heterocycles. The quantitative estimate of drug-likeness (QED) is 0.419. The molecule has 0 saturated carbocycles. The van der Waals surface area contributed by atoms with Crippen LogP contribution in [0.4, 0.5) is 0 Å². The van der Waals surface area contributed by atoms with E-state index in [2.05, 4.69) is 0 Å². The van der Waals surface area contributed by atoms with Crippen molar-refractivity contribution >= 4 is 66.8 Å². The van der Waals surface area contributed by atoms with Gasteiger partial charge in [0.15, 0.2) is 0 Å². The molecule has 0 heterocycles. The Morgan fingerprint density at radius 1 is 1.00 bits per heavy atom. The Kier molecular flexibility index (Phi) is 452. The first-order valence-corrected chi connectivity index (χ1v) is 0.928. The van der Waals surface area contributed by atoms with Gasteiger partial charge in [-0.2, -0.15) is 0 Å². The van der Waals surface area contributed by atoms with Gasteiger partial charge in [-0.3, -0.25) is 4.79 Å². The number of aliphatic carboxylic acids is 1. The third-order valence-electron chi connectivity index (χ3n) is 0. The summed E-state index contributed by atoms with van der Waals surface area (Å²) in [6, 6.07) is 0. The van der Waals surface area contributed by atoms with Crippen LogP contribution in [0.3, 0.4) is 0 Å². The minimum atomic E-state index is -0.833. The molecular weight excluding hydrogens is 383 g/mol. The number of carboxylic acid groups (broad SMARTS) is 1. The zero-order valence-electron chi connectivity index (χ0n) is 10.7. The summed E-state index contributed by atoms with van der Waals surface area (Å²) in [5.41, 5.74) is 0. The summed E-state index contributed by atoms with van der Waals surface area (Å²) in [4.78, 5) is 9.00. The number of carboxylic acids is 1. The van der Waals surface area contributed by atoms with Crippen molar-refractivity contribution in [2.45, 2.75) is 6.92 Å². The van der Waals surface area contributed by atoms with Crippen LogP contribution in [-0.4, -0.2) is 71.9 Å². The van der Waals surface area contributed by atoms with Gasteiger partial charge in [0.2, 0.25) is 0 Å². The van der Waals surface area contributed by atoms with Crippen LogP contribution in [-0.2, 0) is 4.79 Å². The molecule has 0 amide bonds. The van der Waals surface area contributed by atoms with Gasteiger partial charge in [-0.15, -0.1) is 0 Å². The first kappa shape index (κ1) is 86.0. The van der Waals surface area contributed by atoms with E-state index in [4.69, 9.17) is 9.90 Å². The number of hydrogen-bond donors (Lipinski definition) is 1. The van der Waals surface area contributed by atoms with Crippen molar-refractivity contribution in [2.75, 3.05) is 0 Å². The van der Waals surface area contributed by atoms with Crippen LogP contribution < -0.4 is 173 Å². The maximum atomic E-state index is 9.00. The van der Waals surface area contributed by atoms with Crippen molar-refractivity contribution in [1.29, 1.82) is 0 Å². The molecule has 0 saturated heterocycles. The van der Waals surface area contributed by atoms with Crippen LogP contribution in [0.1, 0.15) is 9.78 Å². The largest absolute Gasteiger partial charge is 2.00 e. The van der Waals surface area contributed by atoms with E-state index in [9.17, 15) is 0 Å². The molecule has 14 heavy (non-hydrogen) atoms. The standard InChI is InChI=1S/C2H4O2.Ca.5ClH.K.Mg.2Na.2H/c1-2(3)4;;;;;;;;;;;;/h1H3,(H,3,4);;5*1H;;;;;;/q;+2;;;;;;+1;+2;2*+1;2*-1/p-5. The minimum Gasteiger partial charge on any atom is -1.00 e. The smallest absolute Gasteiger partial charge is 1.00 e. The average molecular weight is 389 g/mol. The van der Waals surface area contributed by atoms with E-state index in [1.165, 1.54) is 0 Å². The molecule has 0 aromatic rings. The predicted molar refractivity (Wildman–Crippen MR) is 27.0 cm³/mol. The Morgan fingerprint density at radius 3 is 1.00 bits per heavy atom. The molecule has 0 aromatic carbocycles. The summed E-state index contributed by atoms with van der Waals surface area (Å²) in [7, 11) is 0. The average Bonchev–Trinajstić information content (AvgIpc) is 0.811. The predicted octanol–water partition coefficient (Wildman–Crippen LogP) is -24.4. The van der Waals surface area contributed by atoms with Crippen molar-refractivity contribution in [3.8, 4) is 0 Å². The zero-order valence-corrected chi connectivity index (χ0v) is 23.2. The summed E-state index contributed by atoms with van der Waals surface area (Å²) in [6.07, 6.45) is 0. The van der Waals surface area contributed by atoms with Gasteiger partial charge in [0.25, 0.3) is 5.97 Å². The molecule has 0 aliphatic rings. The van der Waals surface area contributed by atoms with Crippen LogP contribution in [0.25, 0.3) is 0 Å². The second-order valence-corrected chi connectivity index (χ2v) is 0.519. The molecule has 0 unspecified atom stereocenters. The maximum absolute atomic E-state index is 9.00. The molecule has 0 radical (unpaired) electrons. The molecule has 0 atom stereocenters. The van der Waals surface area contributed by atoms with Gasteiger partial charge in [0.05, 0.1) is 0 Å². The van der Waals surface area contributed by atoms with E-state index in [0.29, 0.717) is 0 Å². The van der Waals surface area contributed by atoms with Crippen LogP contribution in [0, 0.1) is 0 Å². The maximum Gasteiger partial charge on any atom is 2.00 e. The van der Waals surface area contributed by atoms with Crippen molar-refractivity contribution < 1.29 is 185 Å². The summed E-state index contributed by atoms with van der Waals surface area (Å²) < 4.78 is 0. The molecule has 1 N–H and O–H groups in total. The Labute approximate surface area is 252 Å². The summed E-state index contributed by atoms with van der Waals surface area (Å²) in [6.45, 7) is 1.08. The molecule has 0 spiro atoms. The van der Waals surface area contributed by atoms with Gasteiger partial charge < -0.3 is 70.0 Å². The summed E-state index contributed by atoms with van der Waals surface area (Å²) in [5.74, 6) is -0.833. The van der Waals surface area contributed by atoms with Gasteiger partial charge in [-0.05, 0) is 0 Å². The second-order valence-electron chi connectivity index (χ2n) is 0.519. The molecule has 0 bridgehead atoms. The molecule has 2 nitrogen and oxygen atoms in total. The zero-order chi connectivity index (χ0) is 3.58.